The maximum Gasteiger partial charge on any atom is 0.416 e. The van der Waals surface area contributed by atoms with Gasteiger partial charge in [0.25, 0.3) is 5.91 Å². The molecule has 1 heterocycles. The van der Waals surface area contributed by atoms with Crippen LogP contribution in [0.2, 0.25) is 0 Å². The van der Waals surface area contributed by atoms with Crippen molar-refractivity contribution in [2.45, 2.75) is 32.2 Å². The normalized spacial score (nSPS) is 12.1. The third-order valence-corrected chi connectivity index (χ3v) is 5.94. The number of carboxylic acids is 1. The van der Waals surface area contributed by atoms with Crippen LogP contribution >= 0.6 is 0 Å². The predicted octanol–water partition coefficient (Wildman–Crippen LogP) is 5.86. The smallest absolute Gasteiger partial charge is 0.416 e. The molecule has 4 rings (SSSR count). The summed E-state index contributed by atoms with van der Waals surface area (Å²) < 4.78 is 61.6. The standard InChI is InChI=1S/C28H23F4N3O4/c1-17-8-2-4-10-19(17)22(15-26(36)37)33-27(38)23-14-25(35(34-23)24-13-7-6-12-21(24)29)39-16-18-9-3-5-11-20(18)28(30,31)32/h2-14,22H,15-16H2,1H3,(H,33,38)(H,36,37)/t22-/m0/s1. The lowest BCUT2D eigenvalue weighted by atomic mass is 9.98. The van der Waals surface area contributed by atoms with Gasteiger partial charge in [-0.25, -0.2) is 4.39 Å². The molecule has 0 saturated carbocycles. The van der Waals surface area contributed by atoms with Gasteiger partial charge in [0.05, 0.1) is 18.0 Å². The summed E-state index contributed by atoms with van der Waals surface area (Å²) in [7, 11) is 0. The number of benzene rings is 3. The first-order chi connectivity index (χ1) is 18.5. The van der Waals surface area contributed by atoms with E-state index in [1.54, 1.807) is 31.2 Å². The number of carbonyl (C=O) groups is 2. The van der Waals surface area contributed by atoms with E-state index in [0.29, 0.717) is 5.56 Å². The minimum atomic E-state index is -4.62. The first kappa shape index (κ1) is 27.4. The second-order valence-electron chi connectivity index (χ2n) is 8.66. The molecule has 39 heavy (non-hydrogen) atoms. The third kappa shape index (κ3) is 6.43. The van der Waals surface area contributed by atoms with Crippen molar-refractivity contribution in [3.63, 3.8) is 0 Å². The Hall–Kier alpha value is -4.67. The molecule has 0 radical (unpaired) electrons. The van der Waals surface area contributed by atoms with E-state index in [4.69, 9.17) is 4.74 Å². The summed E-state index contributed by atoms with van der Waals surface area (Å²) in [5.41, 5.74) is -0.0682. The molecule has 0 aliphatic rings. The van der Waals surface area contributed by atoms with Crippen molar-refractivity contribution in [2.75, 3.05) is 0 Å². The van der Waals surface area contributed by atoms with E-state index in [1.807, 2.05) is 0 Å². The Morgan fingerprint density at radius 2 is 1.69 bits per heavy atom. The summed E-state index contributed by atoms with van der Waals surface area (Å²) >= 11 is 0. The van der Waals surface area contributed by atoms with Crippen molar-refractivity contribution < 1.29 is 37.0 Å². The Kier molecular flexibility index (Phi) is 7.99. The number of carboxylic acid groups (broad SMARTS) is 1. The van der Waals surface area contributed by atoms with E-state index in [9.17, 15) is 32.3 Å². The van der Waals surface area contributed by atoms with Gasteiger partial charge in [0, 0.05) is 11.6 Å². The van der Waals surface area contributed by atoms with E-state index < -0.39 is 48.5 Å². The zero-order chi connectivity index (χ0) is 28.2. The van der Waals surface area contributed by atoms with Crippen LogP contribution in [0.4, 0.5) is 17.6 Å². The molecule has 1 atom stereocenters. The van der Waals surface area contributed by atoms with Gasteiger partial charge in [-0.2, -0.15) is 23.0 Å². The number of hydrogen-bond donors (Lipinski definition) is 2. The number of nitrogens with one attached hydrogen (secondary N) is 1. The number of rotatable bonds is 9. The number of aryl methyl sites for hydroxylation is 1. The number of aromatic nitrogens is 2. The number of halogens is 4. The molecule has 3 aromatic carbocycles. The Balaban J connectivity index is 1.68. The average Bonchev–Trinajstić information content (AvgIpc) is 3.31. The maximum absolute atomic E-state index is 14.6. The van der Waals surface area contributed by atoms with Crippen molar-refractivity contribution in [2.24, 2.45) is 0 Å². The number of hydrogen-bond acceptors (Lipinski definition) is 4. The highest BCUT2D eigenvalue weighted by Gasteiger charge is 2.33. The molecule has 0 unspecified atom stereocenters. The van der Waals surface area contributed by atoms with E-state index in [2.05, 4.69) is 10.4 Å². The van der Waals surface area contributed by atoms with Gasteiger partial charge in [0.2, 0.25) is 5.88 Å². The van der Waals surface area contributed by atoms with Crippen molar-refractivity contribution in [3.8, 4) is 11.6 Å². The van der Waals surface area contributed by atoms with E-state index in [1.165, 1.54) is 36.4 Å². The number of alkyl halides is 3. The second kappa shape index (κ2) is 11.4. The predicted molar refractivity (Wildman–Crippen MR) is 133 cm³/mol. The summed E-state index contributed by atoms with van der Waals surface area (Å²) in [6, 6.07) is 17.5. The van der Waals surface area contributed by atoms with Gasteiger partial charge in [0.15, 0.2) is 5.69 Å². The monoisotopic (exact) mass is 541 g/mol. The molecule has 0 saturated heterocycles. The van der Waals surface area contributed by atoms with Crippen molar-refractivity contribution in [1.29, 1.82) is 0 Å². The molecule has 4 aromatic rings. The largest absolute Gasteiger partial charge is 0.481 e. The van der Waals surface area contributed by atoms with E-state index in [0.717, 1.165) is 28.4 Å². The van der Waals surface area contributed by atoms with Crippen molar-refractivity contribution >= 4 is 11.9 Å². The molecule has 1 aromatic heterocycles. The zero-order valence-corrected chi connectivity index (χ0v) is 20.6. The van der Waals surface area contributed by atoms with Crippen LogP contribution in [0.3, 0.4) is 0 Å². The molecule has 0 aliphatic carbocycles. The van der Waals surface area contributed by atoms with Crippen LogP contribution in [0, 0.1) is 12.7 Å². The lowest BCUT2D eigenvalue weighted by molar-refractivity contribution is -0.139. The van der Waals surface area contributed by atoms with Crippen LogP contribution in [0.5, 0.6) is 5.88 Å². The van der Waals surface area contributed by atoms with Gasteiger partial charge in [-0.1, -0.05) is 54.6 Å². The summed E-state index contributed by atoms with van der Waals surface area (Å²) in [4.78, 5) is 24.7. The summed E-state index contributed by atoms with van der Waals surface area (Å²) in [6.45, 7) is 1.23. The fourth-order valence-electron chi connectivity index (χ4n) is 4.07. The Morgan fingerprint density at radius 1 is 1.03 bits per heavy atom. The van der Waals surface area contributed by atoms with Crippen LogP contribution in [-0.2, 0) is 17.6 Å². The number of nitrogens with zero attached hydrogens (tertiary/aromatic N) is 2. The third-order valence-electron chi connectivity index (χ3n) is 5.94. The molecular weight excluding hydrogens is 518 g/mol. The minimum Gasteiger partial charge on any atom is -0.481 e. The Bertz CT molecular complexity index is 1500. The molecule has 0 aliphatic heterocycles. The highest BCUT2D eigenvalue weighted by atomic mass is 19.4. The maximum atomic E-state index is 14.6. The lowest BCUT2D eigenvalue weighted by Crippen LogP contribution is -2.31. The van der Waals surface area contributed by atoms with Crippen LogP contribution in [0.25, 0.3) is 5.69 Å². The van der Waals surface area contributed by atoms with Crippen LogP contribution in [-0.4, -0.2) is 26.8 Å². The number of carbonyl (C=O) groups excluding carboxylic acids is 1. The Labute approximate surface area is 220 Å². The number of amides is 1. The van der Waals surface area contributed by atoms with Crippen molar-refractivity contribution in [3.05, 3.63) is 113 Å². The van der Waals surface area contributed by atoms with E-state index in [-0.39, 0.29) is 22.8 Å². The summed E-state index contributed by atoms with van der Waals surface area (Å²) in [5.74, 6) is -2.82. The summed E-state index contributed by atoms with van der Waals surface area (Å²) in [5, 5.41) is 16.2. The SMILES string of the molecule is Cc1ccccc1[C@H](CC(=O)O)NC(=O)c1cc(OCc2ccccc2C(F)(F)F)n(-c2ccccc2F)n1. The van der Waals surface area contributed by atoms with Gasteiger partial charge < -0.3 is 15.2 Å². The number of para-hydroxylation sites is 1. The second-order valence-corrected chi connectivity index (χ2v) is 8.66. The molecular formula is C28H23F4N3O4. The van der Waals surface area contributed by atoms with Crippen LogP contribution < -0.4 is 10.1 Å². The van der Waals surface area contributed by atoms with Crippen LogP contribution in [0.1, 0.15) is 45.2 Å². The minimum absolute atomic E-state index is 0.100. The average molecular weight is 542 g/mol. The van der Waals surface area contributed by atoms with Crippen molar-refractivity contribution in [1.82, 2.24) is 15.1 Å². The molecule has 0 fully saturated rings. The highest BCUT2D eigenvalue weighted by Crippen LogP contribution is 2.33. The molecule has 1 amide bonds. The van der Waals surface area contributed by atoms with E-state index >= 15 is 0 Å². The molecule has 0 bridgehead atoms. The Morgan fingerprint density at radius 3 is 2.38 bits per heavy atom. The molecule has 7 nitrogen and oxygen atoms in total. The fourth-order valence-corrected chi connectivity index (χ4v) is 4.07. The van der Waals surface area contributed by atoms with Crippen LogP contribution in [0.15, 0.2) is 78.9 Å². The molecule has 11 heteroatoms. The quantitative estimate of drug-likeness (QED) is 0.259. The van der Waals surface area contributed by atoms with Gasteiger partial charge in [-0.3, -0.25) is 9.59 Å². The molecule has 202 valence electrons. The van der Waals surface area contributed by atoms with Gasteiger partial charge >= 0.3 is 12.1 Å². The number of aliphatic carboxylic acids is 1. The van der Waals surface area contributed by atoms with Gasteiger partial charge in [-0.15, -0.1) is 0 Å². The first-order valence-corrected chi connectivity index (χ1v) is 11.8. The lowest BCUT2D eigenvalue weighted by Gasteiger charge is -2.18. The number of ether oxygens (including phenoxy) is 1. The fraction of sp³-hybridized carbons (Fsp3) is 0.179. The van der Waals surface area contributed by atoms with Gasteiger partial charge in [-0.05, 0) is 36.2 Å². The van der Waals surface area contributed by atoms with Gasteiger partial charge in [0.1, 0.15) is 18.1 Å². The first-order valence-electron chi connectivity index (χ1n) is 11.8. The zero-order valence-electron chi connectivity index (χ0n) is 20.6. The highest BCUT2D eigenvalue weighted by molar-refractivity contribution is 5.93. The molecule has 2 N–H and O–H groups in total. The summed E-state index contributed by atoms with van der Waals surface area (Å²) in [6.07, 6.45) is -5.03. The topological polar surface area (TPSA) is 93.5 Å². The molecule has 0 spiro atoms.